The number of fused-ring (bicyclic) bond motifs is 1. The fourth-order valence-corrected chi connectivity index (χ4v) is 2.05. The monoisotopic (exact) mass is 251 g/mol. The molecule has 0 atom stereocenters. The number of H-pyrrole nitrogens is 1. The van der Waals surface area contributed by atoms with Gasteiger partial charge in [-0.05, 0) is 11.6 Å². The summed E-state index contributed by atoms with van der Waals surface area (Å²) in [5.74, 6) is -0.0340. The van der Waals surface area contributed by atoms with Gasteiger partial charge in [0.2, 0.25) is 5.91 Å². The number of hydrogen-bond acceptors (Lipinski definition) is 2. The lowest BCUT2D eigenvalue weighted by Crippen LogP contribution is -2.14. The molecule has 4 nitrogen and oxygen atoms in total. The Hall–Kier alpha value is -2.62. The second-order valence-electron chi connectivity index (χ2n) is 4.35. The van der Waals surface area contributed by atoms with Crippen molar-refractivity contribution in [2.45, 2.75) is 6.42 Å². The summed E-state index contributed by atoms with van der Waals surface area (Å²) in [5.41, 5.74) is 2.61. The van der Waals surface area contributed by atoms with Crippen LogP contribution in [0.4, 0.5) is 5.69 Å². The maximum absolute atomic E-state index is 12.0. The third-order valence-corrected chi connectivity index (χ3v) is 2.96. The van der Waals surface area contributed by atoms with Crippen molar-refractivity contribution >= 4 is 22.5 Å². The number of para-hydroxylation sites is 1. The van der Waals surface area contributed by atoms with Crippen LogP contribution in [0.1, 0.15) is 5.56 Å². The summed E-state index contributed by atoms with van der Waals surface area (Å²) < 4.78 is 0. The Kier molecular flexibility index (Phi) is 2.98. The topological polar surface area (TPSA) is 57.8 Å². The van der Waals surface area contributed by atoms with E-state index in [-0.39, 0.29) is 5.91 Å². The van der Waals surface area contributed by atoms with Crippen molar-refractivity contribution in [2.24, 2.45) is 0 Å². The average molecular weight is 251 g/mol. The molecule has 2 N–H and O–H groups in total. The minimum atomic E-state index is -0.0340. The minimum Gasteiger partial charge on any atom is -0.324 e. The molecule has 3 aromatic rings. The van der Waals surface area contributed by atoms with E-state index >= 15 is 0 Å². The zero-order chi connectivity index (χ0) is 13.1. The van der Waals surface area contributed by atoms with Gasteiger partial charge in [0.05, 0.1) is 23.8 Å². The lowest BCUT2D eigenvalue weighted by atomic mass is 10.1. The fourth-order valence-electron chi connectivity index (χ4n) is 2.05. The number of carbonyl (C=O) groups is 1. The highest BCUT2D eigenvalue weighted by atomic mass is 16.1. The molecule has 0 spiro atoms. The van der Waals surface area contributed by atoms with Gasteiger partial charge in [-0.25, -0.2) is 0 Å². The lowest BCUT2D eigenvalue weighted by Gasteiger charge is -2.06. The molecule has 0 aliphatic carbocycles. The minimum absolute atomic E-state index is 0.0340. The van der Waals surface area contributed by atoms with Crippen LogP contribution in [0.15, 0.2) is 54.7 Å². The number of nitrogens with one attached hydrogen (secondary N) is 2. The number of amides is 1. The van der Waals surface area contributed by atoms with Crippen LogP contribution in [0.2, 0.25) is 0 Å². The van der Waals surface area contributed by atoms with Crippen LogP contribution in [-0.2, 0) is 11.2 Å². The van der Waals surface area contributed by atoms with E-state index in [2.05, 4.69) is 15.5 Å². The number of carbonyl (C=O) groups excluding carboxylic acids is 1. The van der Waals surface area contributed by atoms with E-state index in [4.69, 9.17) is 0 Å². The highest BCUT2D eigenvalue weighted by Crippen LogP contribution is 2.20. The number of aromatic amines is 1. The Labute approximate surface area is 110 Å². The first-order valence-corrected chi connectivity index (χ1v) is 6.09. The van der Waals surface area contributed by atoms with Crippen LogP contribution >= 0.6 is 0 Å². The number of benzene rings is 2. The predicted octanol–water partition coefficient (Wildman–Crippen LogP) is 2.74. The van der Waals surface area contributed by atoms with Crippen molar-refractivity contribution in [3.63, 3.8) is 0 Å². The van der Waals surface area contributed by atoms with Crippen LogP contribution in [0.3, 0.4) is 0 Å². The van der Waals surface area contributed by atoms with E-state index in [1.54, 1.807) is 6.20 Å². The molecule has 94 valence electrons. The van der Waals surface area contributed by atoms with Gasteiger partial charge in [0.25, 0.3) is 0 Å². The number of nitrogens with zero attached hydrogens (tertiary/aromatic N) is 1. The number of anilines is 1. The SMILES string of the molecule is O=C(Cc1ccccc1)Nc1cccc2cn[nH]c12. The summed E-state index contributed by atoms with van der Waals surface area (Å²) in [7, 11) is 0. The second kappa shape index (κ2) is 4.94. The molecule has 3 rings (SSSR count). The molecule has 0 saturated heterocycles. The first-order valence-electron chi connectivity index (χ1n) is 6.09. The molecule has 1 aromatic heterocycles. The Morgan fingerprint density at radius 1 is 1.11 bits per heavy atom. The van der Waals surface area contributed by atoms with Gasteiger partial charge in [-0.3, -0.25) is 9.89 Å². The summed E-state index contributed by atoms with van der Waals surface area (Å²) >= 11 is 0. The first-order chi connectivity index (χ1) is 9.33. The molecule has 2 aromatic carbocycles. The van der Waals surface area contributed by atoms with E-state index in [9.17, 15) is 4.79 Å². The van der Waals surface area contributed by atoms with E-state index in [0.29, 0.717) is 6.42 Å². The van der Waals surface area contributed by atoms with Crippen molar-refractivity contribution in [1.29, 1.82) is 0 Å². The predicted molar refractivity (Wildman–Crippen MR) is 74.9 cm³/mol. The molecule has 0 bridgehead atoms. The summed E-state index contributed by atoms with van der Waals surface area (Å²) in [6.07, 6.45) is 2.10. The molecule has 0 unspecified atom stereocenters. The van der Waals surface area contributed by atoms with Crippen molar-refractivity contribution in [1.82, 2.24) is 10.2 Å². The van der Waals surface area contributed by atoms with Gasteiger partial charge in [0.1, 0.15) is 0 Å². The van der Waals surface area contributed by atoms with Crippen LogP contribution in [0.25, 0.3) is 10.9 Å². The van der Waals surface area contributed by atoms with E-state index in [1.807, 2.05) is 48.5 Å². The summed E-state index contributed by atoms with van der Waals surface area (Å²) in [5, 5.41) is 10.8. The summed E-state index contributed by atoms with van der Waals surface area (Å²) in [6.45, 7) is 0. The molecule has 19 heavy (non-hydrogen) atoms. The highest BCUT2D eigenvalue weighted by molar-refractivity contribution is 6.00. The molecular weight excluding hydrogens is 238 g/mol. The summed E-state index contributed by atoms with van der Waals surface area (Å²) in [6, 6.07) is 15.4. The quantitative estimate of drug-likeness (QED) is 0.752. The Morgan fingerprint density at radius 3 is 2.79 bits per heavy atom. The number of rotatable bonds is 3. The molecule has 0 radical (unpaired) electrons. The van der Waals surface area contributed by atoms with Crippen molar-refractivity contribution in [2.75, 3.05) is 5.32 Å². The molecular formula is C15H13N3O. The molecule has 0 aliphatic rings. The van der Waals surface area contributed by atoms with Crippen LogP contribution in [0.5, 0.6) is 0 Å². The Morgan fingerprint density at radius 2 is 1.95 bits per heavy atom. The largest absolute Gasteiger partial charge is 0.324 e. The Balaban J connectivity index is 1.78. The molecule has 1 heterocycles. The maximum Gasteiger partial charge on any atom is 0.228 e. The van der Waals surface area contributed by atoms with Gasteiger partial charge in [-0.1, -0.05) is 42.5 Å². The van der Waals surface area contributed by atoms with Gasteiger partial charge >= 0.3 is 0 Å². The van der Waals surface area contributed by atoms with Gasteiger partial charge in [0, 0.05) is 5.39 Å². The van der Waals surface area contributed by atoms with Gasteiger partial charge in [0.15, 0.2) is 0 Å². The number of aromatic nitrogens is 2. The van der Waals surface area contributed by atoms with Crippen LogP contribution in [0, 0.1) is 0 Å². The first kappa shape index (κ1) is 11.5. The summed E-state index contributed by atoms with van der Waals surface area (Å²) in [4.78, 5) is 12.0. The molecule has 0 aliphatic heterocycles. The fraction of sp³-hybridized carbons (Fsp3) is 0.0667. The van der Waals surface area contributed by atoms with Crippen LogP contribution in [-0.4, -0.2) is 16.1 Å². The van der Waals surface area contributed by atoms with Crippen molar-refractivity contribution in [3.05, 3.63) is 60.3 Å². The second-order valence-corrected chi connectivity index (χ2v) is 4.35. The molecule has 4 heteroatoms. The van der Waals surface area contributed by atoms with E-state index in [0.717, 1.165) is 22.2 Å². The lowest BCUT2D eigenvalue weighted by molar-refractivity contribution is -0.115. The van der Waals surface area contributed by atoms with Gasteiger partial charge < -0.3 is 5.32 Å². The van der Waals surface area contributed by atoms with Crippen molar-refractivity contribution in [3.8, 4) is 0 Å². The Bertz CT molecular complexity index is 703. The standard InChI is InChI=1S/C15H13N3O/c19-14(9-11-5-2-1-3-6-11)17-13-8-4-7-12-10-16-18-15(12)13/h1-8,10H,9H2,(H,16,18)(H,17,19). The highest BCUT2D eigenvalue weighted by Gasteiger charge is 2.07. The maximum atomic E-state index is 12.0. The smallest absolute Gasteiger partial charge is 0.228 e. The molecule has 0 fully saturated rings. The van der Waals surface area contributed by atoms with E-state index in [1.165, 1.54) is 0 Å². The molecule has 0 saturated carbocycles. The zero-order valence-electron chi connectivity index (χ0n) is 10.3. The third kappa shape index (κ3) is 2.47. The molecule has 1 amide bonds. The van der Waals surface area contributed by atoms with Gasteiger partial charge in [-0.2, -0.15) is 5.10 Å². The number of hydrogen-bond donors (Lipinski definition) is 2. The third-order valence-electron chi connectivity index (χ3n) is 2.96. The average Bonchev–Trinajstić information content (AvgIpc) is 2.89. The zero-order valence-corrected chi connectivity index (χ0v) is 10.3. The van der Waals surface area contributed by atoms with E-state index < -0.39 is 0 Å². The van der Waals surface area contributed by atoms with Crippen LogP contribution < -0.4 is 5.32 Å². The van der Waals surface area contributed by atoms with Crippen molar-refractivity contribution < 1.29 is 4.79 Å². The van der Waals surface area contributed by atoms with Gasteiger partial charge in [-0.15, -0.1) is 0 Å². The normalized spacial score (nSPS) is 10.5.